The van der Waals surface area contributed by atoms with Gasteiger partial charge in [0, 0.05) is 31.7 Å². The van der Waals surface area contributed by atoms with E-state index in [1.54, 1.807) is 18.2 Å². The zero-order valence-corrected chi connectivity index (χ0v) is 14.6. The predicted molar refractivity (Wildman–Crippen MR) is 92.3 cm³/mol. The first-order valence-corrected chi connectivity index (χ1v) is 9.23. The second-order valence-electron chi connectivity index (χ2n) is 7.81. The monoisotopic (exact) mass is 357 g/mol. The number of carboxylic acid groups (broad SMARTS) is 1. The summed E-state index contributed by atoms with van der Waals surface area (Å²) in [5, 5.41) is 9.64. The molecule has 3 heterocycles. The third-order valence-corrected chi connectivity index (χ3v) is 6.00. The molecule has 3 fully saturated rings. The van der Waals surface area contributed by atoms with Crippen LogP contribution < -0.4 is 0 Å². The summed E-state index contributed by atoms with van der Waals surface area (Å²) < 4.78 is 0. The maximum atomic E-state index is 12.8. The summed E-state index contributed by atoms with van der Waals surface area (Å²) in [5.41, 5.74) is 0.0607. The van der Waals surface area contributed by atoms with Crippen molar-refractivity contribution in [1.29, 1.82) is 0 Å². The molecular formula is C19H23N3O4. The van der Waals surface area contributed by atoms with E-state index in [1.165, 1.54) is 11.1 Å². The van der Waals surface area contributed by atoms with Crippen molar-refractivity contribution in [2.45, 2.75) is 38.1 Å². The average molecular weight is 357 g/mol. The number of hydrogen-bond acceptors (Lipinski definition) is 4. The van der Waals surface area contributed by atoms with Crippen LogP contribution in [0, 0.1) is 11.3 Å². The Kier molecular flexibility index (Phi) is 4.17. The molecule has 7 heteroatoms. The lowest BCUT2D eigenvalue weighted by atomic mass is 9.76. The molecule has 0 aromatic carbocycles. The van der Waals surface area contributed by atoms with Crippen LogP contribution in [0.1, 0.15) is 42.6 Å². The van der Waals surface area contributed by atoms with Gasteiger partial charge in [-0.25, -0.2) is 4.79 Å². The highest BCUT2D eigenvalue weighted by Crippen LogP contribution is 2.44. The SMILES string of the molecule is O=C(O)[C@@H]1CC2(CCN(C(=O)C3CC3)CC2)CN1C(=O)c1ccccn1. The Morgan fingerprint density at radius 3 is 2.46 bits per heavy atom. The number of aliphatic carboxylic acids is 1. The van der Waals surface area contributed by atoms with Gasteiger partial charge in [-0.3, -0.25) is 14.6 Å². The standard InChI is InChI=1S/C19H23N3O4/c23-16(13-4-5-13)21-9-6-19(7-10-21)11-15(18(25)26)22(12-19)17(24)14-3-1-2-8-20-14/h1-3,8,13,15H,4-7,9-12H2,(H,25,26)/t15-/m0/s1. The lowest BCUT2D eigenvalue weighted by Crippen LogP contribution is -2.45. The summed E-state index contributed by atoms with van der Waals surface area (Å²) in [5.74, 6) is -0.843. The van der Waals surface area contributed by atoms with Gasteiger partial charge in [0.25, 0.3) is 5.91 Å². The molecule has 2 aliphatic heterocycles. The third kappa shape index (κ3) is 3.06. The lowest BCUT2D eigenvalue weighted by Gasteiger charge is -2.39. The van der Waals surface area contributed by atoms with Crippen LogP contribution in [0.25, 0.3) is 0 Å². The van der Waals surface area contributed by atoms with Crippen molar-refractivity contribution < 1.29 is 19.5 Å². The van der Waals surface area contributed by atoms with Crippen LogP contribution in [-0.2, 0) is 9.59 Å². The second kappa shape index (κ2) is 6.37. The number of amides is 2. The second-order valence-corrected chi connectivity index (χ2v) is 7.81. The maximum absolute atomic E-state index is 12.8. The minimum absolute atomic E-state index is 0.210. The first-order valence-electron chi connectivity index (χ1n) is 9.23. The molecular weight excluding hydrogens is 334 g/mol. The Bertz CT molecular complexity index is 724. The highest BCUT2D eigenvalue weighted by molar-refractivity contribution is 5.95. The largest absolute Gasteiger partial charge is 0.480 e. The minimum Gasteiger partial charge on any atom is -0.480 e. The van der Waals surface area contributed by atoms with Crippen molar-refractivity contribution in [3.05, 3.63) is 30.1 Å². The Morgan fingerprint density at radius 1 is 1.15 bits per heavy atom. The van der Waals surface area contributed by atoms with E-state index in [4.69, 9.17) is 0 Å². The summed E-state index contributed by atoms with van der Waals surface area (Å²) in [7, 11) is 0. The van der Waals surface area contributed by atoms with E-state index in [2.05, 4.69) is 4.98 Å². The van der Waals surface area contributed by atoms with Gasteiger partial charge < -0.3 is 14.9 Å². The number of aromatic nitrogens is 1. The summed E-state index contributed by atoms with van der Waals surface area (Å²) in [4.78, 5) is 44.3. The predicted octanol–water partition coefficient (Wildman–Crippen LogP) is 1.40. The van der Waals surface area contributed by atoms with E-state index in [9.17, 15) is 19.5 Å². The van der Waals surface area contributed by atoms with Crippen LogP contribution in [0.4, 0.5) is 0 Å². The number of nitrogens with zero attached hydrogens (tertiary/aromatic N) is 3. The number of rotatable bonds is 3. The van der Waals surface area contributed by atoms with E-state index in [0.29, 0.717) is 26.1 Å². The highest BCUT2D eigenvalue weighted by atomic mass is 16.4. The molecule has 1 saturated carbocycles. The highest BCUT2D eigenvalue weighted by Gasteiger charge is 2.51. The maximum Gasteiger partial charge on any atom is 0.326 e. The van der Waals surface area contributed by atoms with Crippen LogP contribution >= 0.6 is 0 Å². The molecule has 3 aliphatic rings. The van der Waals surface area contributed by atoms with Crippen molar-refractivity contribution in [3.63, 3.8) is 0 Å². The van der Waals surface area contributed by atoms with Gasteiger partial charge in [0.1, 0.15) is 11.7 Å². The lowest BCUT2D eigenvalue weighted by molar-refractivity contribution is -0.141. The molecule has 2 amide bonds. The van der Waals surface area contributed by atoms with E-state index in [0.717, 1.165) is 25.7 Å². The number of likely N-dealkylation sites (tertiary alicyclic amines) is 2. The molecule has 1 spiro atoms. The quantitative estimate of drug-likeness (QED) is 0.883. The van der Waals surface area contributed by atoms with E-state index in [-0.39, 0.29) is 28.8 Å². The number of pyridine rings is 1. The molecule has 138 valence electrons. The van der Waals surface area contributed by atoms with Gasteiger partial charge in [0.15, 0.2) is 0 Å². The first-order chi connectivity index (χ1) is 12.5. The molecule has 26 heavy (non-hydrogen) atoms. The van der Waals surface area contributed by atoms with Crippen LogP contribution in [-0.4, -0.2) is 63.4 Å². The number of carbonyl (C=O) groups excluding carboxylic acids is 2. The van der Waals surface area contributed by atoms with Gasteiger partial charge >= 0.3 is 5.97 Å². The van der Waals surface area contributed by atoms with Gasteiger partial charge in [0.2, 0.25) is 5.91 Å². The molecule has 4 rings (SSSR count). The minimum atomic E-state index is -0.970. The van der Waals surface area contributed by atoms with Gasteiger partial charge in [0.05, 0.1) is 0 Å². The fourth-order valence-corrected chi connectivity index (χ4v) is 4.28. The van der Waals surface area contributed by atoms with Crippen LogP contribution in [0.2, 0.25) is 0 Å². The molecule has 1 aliphatic carbocycles. The third-order valence-electron chi connectivity index (χ3n) is 6.00. The fourth-order valence-electron chi connectivity index (χ4n) is 4.28. The van der Waals surface area contributed by atoms with Crippen LogP contribution in [0.3, 0.4) is 0 Å². The Labute approximate surface area is 152 Å². The average Bonchev–Trinajstić information content (AvgIpc) is 3.44. The summed E-state index contributed by atoms with van der Waals surface area (Å²) in [6.07, 6.45) is 5.48. The van der Waals surface area contributed by atoms with Gasteiger partial charge in [-0.1, -0.05) is 6.07 Å². The van der Waals surface area contributed by atoms with Gasteiger partial charge in [-0.2, -0.15) is 0 Å². The molecule has 0 bridgehead atoms. The molecule has 2 saturated heterocycles. The van der Waals surface area contributed by atoms with Crippen molar-refractivity contribution in [2.24, 2.45) is 11.3 Å². The normalized spacial score (nSPS) is 24.7. The van der Waals surface area contributed by atoms with Crippen molar-refractivity contribution in [3.8, 4) is 0 Å². The van der Waals surface area contributed by atoms with Crippen molar-refractivity contribution in [1.82, 2.24) is 14.8 Å². The summed E-state index contributed by atoms with van der Waals surface area (Å²) >= 11 is 0. The Balaban J connectivity index is 1.48. The molecule has 7 nitrogen and oxygen atoms in total. The smallest absolute Gasteiger partial charge is 0.326 e. The topological polar surface area (TPSA) is 90.8 Å². The van der Waals surface area contributed by atoms with E-state index < -0.39 is 12.0 Å². The van der Waals surface area contributed by atoms with Crippen LogP contribution in [0.15, 0.2) is 24.4 Å². The number of hydrogen-bond donors (Lipinski definition) is 1. The molecule has 0 unspecified atom stereocenters. The fraction of sp³-hybridized carbons (Fsp3) is 0.579. The summed E-state index contributed by atoms with van der Waals surface area (Å²) in [6, 6.07) is 4.24. The molecule has 1 aromatic heterocycles. The van der Waals surface area contributed by atoms with E-state index in [1.807, 2.05) is 4.90 Å². The first kappa shape index (κ1) is 17.0. The number of carboxylic acids is 1. The van der Waals surface area contributed by atoms with Crippen molar-refractivity contribution >= 4 is 17.8 Å². The molecule has 1 aromatic rings. The Morgan fingerprint density at radius 2 is 1.88 bits per heavy atom. The van der Waals surface area contributed by atoms with Gasteiger partial charge in [-0.15, -0.1) is 0 Å². The summed E-state index contributed by atoms with van der Waals surface area (Å²) in [6.45, 7) is 1.74. The molecule has 1 N–H and O–H groups in total. The van der Waals surface area contributed by atoms with Crippen molar-refractivity contribution in [2.75, 3.05) is 19.6 Å². The molecule has 0 radical (unpaired) electrons. The Hall–Kier alpha value is -2.44. The number of carbonyl (C=O) groups is 3. The van der Waals surface area contributed by atoms with Crippen LogP contribution in [0.5, 0.6) is 0 Å². The zero-order valence-electron chi connectivity index (χ0n) is 14.6. The number of piperidine rings is 1. The van der Waals surface area contributed by atoms with E-state index >= 15 is 0 Å². The zero-order chi connectivity index (χ0) is 18.3. The molecule has 1 atom stereocenters. The van der Waals surface area contributed by atoms with Gasteiger partial charge in [-0.05, 0) is 49.7 Å².